The van der Waals surface area contributed by atoms with Gasteiger partial charge in [-0.2, -0.15) is 0 Å². The van der Waals surface area contributed by atoms with Crippen LogP contribution < -0.4 is 0 Å². The Morgan fingerprint density at radius 1 is 0.944 bits per heavy atom. The number of ether oxygens (including phenoxy) is 1. The SMILES string of the molecule is C.C.CC(C)C(=O)O.CO.COC(=O)C(C)C.O. The minimum absolute atomic E-state index is 0. The Kier molecular flexibility index (Phi) is 49.7. The van der Waals surface area contributed by atoms with Crippen LogP contribution in [0.5, 0.6) is 0 Å². The van der Waals surface area contributed by atoms with Crippen LogP contribution in [0.4, 0.5) is 0 Å². The van der Waals surface area contributed by atoms with Crippen LogP contribution in [0, 0.1) is 11.8 Å². The zero-order chi connectivity index (χ0) is 13.0. The second-order valence-corrected chi connectivity index (χ2v) is 3.17. The van der Waals surface area contributed by atoms with Gasteiger partial charge in [-0.05, 0) is 0 Å². The number of esters is 1. The summed E-state index contributed by atoms with van der Waals surface area (Å²) in [6.45, 7) is 6.88. The first-order valence-electron chi connectivity index (χ1n) is 4.58. The molecule has 116 valence electrons. The van der Waals surface area contributed by atoms with E-state index in [1.165, 1.54) is 7.11 Å². The molecule has 0 saturated carbocycles. The van der Waals surface area contributed by atoms with E-state index in [-0.39, 0.29) is 38.1 Å². The molecule has 0 unspecified atom stereocenters. The van der Waals surface area contributed by atoms with Crippen molar-refractivity contribution in [3.8, 4) is 0 Å². The summed E-state index contributed by atoms with van der Waals surface area (Å²) in [6.07, 6.45) is 0. The lowest BCUT2D eigenvalue weighted by atomic mass is 10.2. The van der Waals surface area contributed by atoms with Crippen molar-refractivity contribution in [2.45, 2.75) is 42.5 Å². The Hall–Kier alpha value is -1.14. The third-order valence-corrected chi connectivity index (χ3v) is 1.17. The molecule has 0 aliphatic carbocycles. The van der Waals surface area contributed by atoms with Crippen LogP contribution in [0.15, 0.2) is 0 Å². The van der Waals surface area contributed by atoms with Crippen LogP contribution in [-0.4, -0.2) is 41.8 Å². The fourth-order valence-corrected chi connectivity index (χ4v) is 0.236. The summed E-state index contributed by atoms with van der Waals surface area (Å²) in [5.41, 5.74) is 0. The smallest absolute Gasteiger partial charge is 0.308 e. The van der Waals surface area contributed by atoms with Crippen molar-refractivity contribution in [3.63, 3.8) is 0 Å². The summed E-state index contributed by atoms with van der Waals surface area (Å²) in [7, 11) is 2.39. The van der Waals surface area contributed by atoms with Gasteiger partial charge in [0.05, 0.1) is 18.9 Å². The summed E-state index contributed by atoms with van der Waals surface area (Å²) >= 11 is 0. The molecule has 0 aliphatic heterocycles. The van der Waals surface area contributed by atoms with Crippen molar-refractivity contribution >= 4 is 11.9 Å². The molecule has 6 nitrogen and oxygen atoms in total. The van der Waals surface area contributed by atoms with Gasteiger partial charge in [0.25, 0.3) is 0 Å². The summed E-state index contributed by atoms with van der Waals surface area (Å²) in [5.74, 6) is -1.12. The number of rotatable bonds is 2. The van der Waals surface area contributed by atoms with Crippen molar-refractivity contribution in [1.82, 2.24) is 0 Å². The van der Waals surface area contributed by atoms with Crippen molar-refractivity contribution in [2.24, 2.45) is 11.8 Å². The number of aliphatic hydroxyl groups excluding tert-OH is 1. The second kappa shape index (κ2) is 24.9. The minimum Gasteiger partial charge on any atom is -0.481 e. The van der Waals surface area contributed by atoms with Crippen LogP contribution in [0.1, 0.15) is 42.5 Å². The van der Waals surface area contributed by atoms with Gasteiger partial charge in [-0.15, -0.1) is 0 Å². The van der Waals surface area contributed by atoms with Gasteiger partial charge in [-0.3, -0.25) is 9.59 Å². The molecule has 0 aromatic rings. The molecule has 0 bridgehead atoms. The van der Waals surface area contributed by atoms with Gasteiger partial charge in [0, 0.05) is 7.11 Å². The number of aliphatic carboxylic acids is 1. The van der Waals surface area contributed by atoms with Crippen molar-refractivity contribution in [2.75, 3.05) is 14.2 Å². The minimum atomic E-state index is -0.741. The molecular weight excluding hydrogens is 240 g/mol. The maximum Gasteiger partial charge on any atom is 0.308 e. The standard InChI is InChI=1S/C5H10O2.C4H8O2.CH4O.2CH4.H2O/c1-4(2)5(6)7-3;1-3(2)4(5)6;1-2;;;/h4H,1-3H3;3H,1-2H3,(H,5,6);2H,1H3;2*1H4;1H2. The lowest BCUT2D eigenvalue weighted by molar-refractivity contribution is -0.144. The number of carboxylic acids is 1. The highest BCUT2D eigenvalue weighted by Gasteiger charge is 2.03. The fourth-order valence-electron chi connectivity index (χ4n) is 0.236. The predicted octanol–water partition coefficient (Wildman–Crippen LogP) is 1.60. The Balaban J connectivity index is -0.0000000307. The summed E-state index contributed by atoms with van der Waals surface area (Å²) in [5, 5.41) is 15.0. The molecule has 18 heavy (non-hydrogen) atoms. The van der Waals surface area contributed by atoms with Crippen LogP contribution in [-0.2, 0) is 14.3 Å². The van der Waals surface area contributed by atoms with Gasteiger partial charge in [0.1, 0.15) is 0 Å². The largest absolute Gasteiger partial charge is 0.481 e. The molecule has 0 aromatic carbocycles. The molecule has 0 spiro atoms. The molecule has 0 amide bonds. The van der Waals surface area contributed by atoms with E-state index in [2.05, 4.69) is 4.74 Å². The number of carbonyl (C=O) groups is 2. The van der Waals surface area contributed by atoms with Gasteiger partial charge in [-0.25, -0.2) is 0 Å². The summed E-state index contributed by atoms with van der Waals surface area (Å²) in [4.78, 5) is 20.0. The fraction of sp³-hybridized carbons (Fsp3) is 0.833. The summed E-state index contributed by atoms with van der Waals surface area (Å²) < 4.78 is 4.37. The number of hydrogen-bond donors (Lipinski definition) is 2. The monoisotopic (exact) mass is 272 g/mol. The van der Waals surface area contributed by atoms with Gasteiger partial charge in [0.15, 0.2) is 0 Å². The lowest BCUT2D eigenvalue weighted by Gasteiger charge is -1.97. The van der Waals surface area contributed by atoms with E-state index in [0.717, 1.165) is 7.11 Å². The van der Waals surface area contributed by atoms with Crippen LogP contribution in [0.25, 0.3) is 0 Å². The van der Waals surface area contributed by atoms with Gasteiger partial charge < -0.3 is 20.4 Å². The number of carboxylic acid groups (broad SMARTS) is 1. The van der Waals surface area contributed by atoms with Crippen LogP contribution in [0.3, 0.4) is 0 Å². The Morgan fingerprint density at radius 3 is 1.17 bits per heavy atom. The molecule has 0 aliphatic rings. The van der Waals surface area contributed by atoms with Crippen molar-refractivity contribution in [3.05, 3.63) is 0 Å². The number of hydrogen-bond acceptors (Lipinski definition) is 4. The molecule has 0 saturated heterocycles. The quantitative estimate of drug-likeness (QED) is 0.741. The average molecular weight is 272 g/mol. The Bertz CT molecular complexity index is 166. The Labute approximate surface area is 111 Å². The maximum absolute atomic E-state index is 10.3. The van der Waals surface area contributed by atoms with Crippen molar-refractivity contribution in [1.29, 1.82) is 0 Å². The topological polar surface area (TPSA) is 115 Å². The predicted molar refractivity (Wildman–Crippen MR) is 74.5 cm³/mol. The van der Waals surface area contributed by atoms with Gasteiger partial charge in [-0.1, -0.05) is 42.5 Å². The van der Waals surface area contributed by atoms with Crippen LogP contribution >= 0.6 is 0 Å². The molecule has 0 heterocycles. The maximum atomic E-state index is 10.3. The highest BCUT2D eigenvalue weighted by Crippen LogP contribution is 1.91. The van der Waals surface area contributed by atoms with E-state index in [4.69, 9.17) is 10.2 Å². The third-order valence-electron chi connectivity index (χ3n) is 1.17. The lowest BCUT2D eigenvalue weighted by Crippen LogP contribution is -2.07. The Morgan fingerprint density at radius 2 is 1.17 bits per heavy atom. The molecule has 0 rings (SSSR count). The van der Waals surface area contributed by atoms with Gasteiger partial charge in [0.2, 0.25) is 0 Å². The molecule has 0 atom stereocenters. The van der Waals surface area contributed by atoms with Crippen molar-refractivity contribution < 1.29 is 30.0 Å². The third kappa shape index (κ3) is 36.4. The van der Waals surface area contributed by atoms with E-state index in [1.54, 1.807) is 27.7 Å². The van der Waals surface area contributed by atoms with E-state index < -0.39 is 5.97 Å². The van der Waals surface area contributed by atoms with E-state index >= 15 is 0 Å². The first-order valence-corrected chi connectivity index (χ1v) is 4.58. The number of carbonyl (C=O) groups excluding carboxylic acids is 1. The zero-order valence-corrected chi connectivity index (χ0v) is 10.8. The average Bonchev–Trinajstić information content (AvgIpc) is 2.20. The van der Waals surface area contributed by atoms with Crippen LogP contribution in [0.2, 0.25) is 0 Å². The molecule has 0 fully saturated rings. The first-order chi connectivity index (χ1) is 6.82. The highest BCUT2D eigenvalue weighted by molar-refractivity contribution is 5.71. The van der Waals surface area contributed by atoms with E-state index in [0.29, 0.717) is 0 Å². The highest BCUT2D eigenvalue weighted by atomic mass is 16.5. The molecule has 4 N–H and O–H groups in total. The normalized spacial score (nSPS) is 6.94. The zero-order valence-electron chi connectivity index (χ0n) is 10.8. The summed E-state index contributed by atoms with van der Waals surface area (Å²) in [6, 6.07) is 0. The first kappa shape index (κ1) is 36.0. The second-order valence-electron chi connectivity index (χ2n) is 3.17. The van der Waals surface area contributed by atoms with Gasteiger partial charge >= 0.3 is 11.9 Å². The molecule has 6 heteroatoms. The molecular formula is C12H32O6. The molecule has 0 radical (unpaired) electrons. The molecule has 0 aromatic heterocycles. The number of methoxy groups -OCH3 is 1. The number of aliphatic hydroxyl groups is 1. The van der Waals surface area contributed by atoms with E-state index in [9.17, 15) is 9.59 Å². The van der Waals surface area contributed by atoms with E-state index in [1.807, 2.05) is 0 Å².